The van der Waals surface area contributed by atoms with Crippen molar-refractivity contribution in [1.29, 1.82) is 0 Å². The molecule has 0 bridgehead atoms. The molecule has 1 amide bonds. The van der Waals surface area contributed by atoms with E-state index in [9.17, 15) is 14.0 Å². The predicted octanol–water partition coefficient (Wildman–Crippen LogP) is 3.92. The first-order chi connectivity index (χ1) is 12.4. The van der Waals surface area contributed by atoms with Crippen molar-refractivity contribution in [2.45, 2.75) is 32.3 Å². The lowest BCUT2D eigenvalue weighted by atomic mass is 9.98. The van der Waals surface area contributed by atoms with Gasteiger partial charge < -0.3 is 14.7 Å². The zero-order valence-electron chi connectivity index (χ0n) is 14.3. The van der Waals surface area contributed by atoms with Crippen LogP contribution in [-0.4, -0.2) is 40.0 Å². The second-order valence-electron chi connectivity index (χ2n) is 6.21. The Kier molecular flexibility index (Phi) is 5.51. The van der Waals surface area contributed by atoms with E-state index < -0.39 is 11.9 Å². The topological polar surface area (TPSA) is 79.7 Å². The van der Waals surface area contributed by atoms with Crippen LogP contribution in [0.15, 0.2) is 23.6 Å². The van der Waals surface area contributed by atoms with Crippen molar-refractivity contribution < 1.29 is 23.8 Å². The number of rotatable bonds is 5. The summed E-state index contributed by atoms with van der Waals surface area (Å²) in [5.74, 6) is -0.446. The third-order valence-corrected chi connectivity index (χ3v) is 5.45. The molecule has 2 aromatic rings. The van der Waals surface area contributed by atoms with Crippen LogP contribution in [0.1, 0.15) is 46.7 Å². The van der Waals surface area contributed by atoms with E-state index in [0.717, 1.165) is 17.8 Å². The molecule has 0 unspecified atom stereocenters. The maximum absolute atomic E-state index is 14.0. The summed E-state index contributed by atoms with van der Waals surface area (Å²) in [4.78, 5) is 28.2. The molecule has 3 rings (SSSR count). The van der Waals surface area contributed by atoms with Crippen LogP contribution in [0.3, 0.4) is 0 Å². The minimum atomic E-state index is -0.880. The number of ketones is 1. The SMILES string of the molecule is CC(=O)c1ccc(OCc2csc(C3CCN(C(=O)O)CC3)n2)c(F)c1. The van der Waals surface area contributed by atoms with Gasteiger partial charge in [-0.15, -0.1) is 11.3 Å². The number of likely N-dealkylation sites (tertiary alicyclic amines) is 1. The van der Waals surface area contributed by atoms with E-state index in [1.54, 1.807) is 0 Å². The summed E-state index contributed by atoms with van der Waals surface area (Å²) in [6.07, 6.45) is 0.622. The fourth-order valence-corrected chi connectivity index (χ4v) is 3.86. The summed E-state index contributed by atoms with van der Waals surface area (Å²) >= 11 is 1.52. The van der Waals surface area contributed by atoms with Gasteiger partial charge in [0.1, 0.15) is 6.61 Å². The van der Waals surface area contributed by atoms with Gasteiger partial charge in [0.15, 0.2) is 17.3 Å². The number of Topliss-reactive ketones (excluding diaryl/α,β-unsaturated/α-hetero) is 1. The van der Waals surface area contributed by atoms with Gasteiger partial charge in [-0.05, 0) is 38.0 Å². The molecule has 138 valence electrons. The van der Waals surface area contributed by atoms with Crippen molar-refractivity contribution in [1.82, 2.24) is 9.88 Å². The van der Waals surface area contributed by atoms with Crippen LogP contribution >= 0.6 is 11.3 Å². The fraction of sp³-hybridized carbons (Fsp3) is 0.389. The number of halogens is 1. The molecule has 1 saturated heterocycles. The van der Waals surface area contributed by atoms with Crippen molar-refractivity contribution in [3.63, 3.8) is 0 Å². The number of carbonyl (C=O) groups is 2. The molecule has 1 N–H and O–H groups in total. The van der Waals surface area contributed by atoms with Gasteiger partial charge in [-0.25, -0.2) is 14.2 Å². The lowest BCUT2D eigenvalue weighted by molar-refractivity contribution is 0.101. The Balaban J connectivity index is 1.58. The van der Waals surface area contributed by atoms with Crippen LogP contribution in [0.5, 0.6) is 5.75 Å². The summed E-state index contributed by atoms with van der Waals surface area (Å²) in [6, 6.07) is 4.14. The summed E-state index contributed by atoms with van der Waals surface area (Å²) in [7, 11) is 0. The highest BCUT2D eigenvalue weighted by atomic mass is 32.1. The first kappa shape index (κ1) is 18.3. The summed E-state index contributed by atoms with van der Waals surface area (Å²) in [5.41, 5.74) is 1.01. The third kappa shape index (κ3) is 4.19. The van der Waals surface area contributed by atoms with Gasteiger partial charge in [0.05, 0.1) is 10.7 Å². The maximum Gasteiger partial charge on any atom is 0.407 e. The number of thiazole rings is 1. The van der Waals surface area contributed by atoms with Crippen LogP contribution in [0.2, 0.25) is 0 Å². The Bertz CT molecular complexity index is 815. The minimum absolute atomic E-state index is 0.0827. The second-order valence-corrected chi connectivity index (χ2v) is 7.10. The molecular weight excluding hydrogens is 359 g/mol. The van der Waals surface area contributed by atoms with E-state index in [-0.39, 0.29) is 24.1 Å². The van der Waals surface area contributed by atoms with Crippen molar-refractivity contribution >= 4 is 23.2 Å². The Morgan fingerprint density at radius 1 is 1.38 bits per heavy atom. The fourth-order valence-electron chi connectivity index (χ4n) is 2.88. The molecule has 1 aliphatic heterocycles. The smallest absolute Gasteiger partial charge is 0.407 e. The average molecular weight is 378 g/mol. The number of carboxylic acid groups (broad SMARTS) is 1. The molecule has 8 heteroatoms. The van der Waals surface area contributed by atoms with Gasteiger partial charge in [-0.3, -0.25) is 4.79 Å². The third-order valence-electron chi connectivity index (χ3n) is 4.40. The minimum Gasteiger partial charge on any atom is -0.484 e. The van der Waals surface area contributed by atoms with E-state index in [0.29, 0.717) is 24.3 Å². The Hall–Kier alpha value is -2.48. The molecule has 0 aliphatic carbocycles. The Morgan fingerprint density at radius 2 is 2.12 bits per heavy atom. The molecule has 1 aromatic carbocycles. The number of hydrogen-bond donors (Lipinski definition) is 1. The van der Waals surface area contributed by atoms with Crippen LogP contribution < -0.4 is 4.74 Å². The molecule has 26 heavy (non-hydrogen) atoms. The lowest BCUT2D eigenvalue weighted by Gasteiger charge is -2.28. The number of carbonyl (C=O) groups excluding carboxylic acids is 1. The van der Waals surface area contributed by atoms with Gasteiger partial charge in [-0.1, -0.05) is 0 Å². The summed E-state index contributed by atoms with van der Waals surface area (Å²) in [5, 5.41) is 11.8. The molecular formula is C18H19FN2O4S. The van der Waals surface area contributed by atoms with Crippen LogP contribution in [0.4, 0.5) is 9.18 Å². The molecule has 1 aromatic heterocycles. The van der Waals surface area contributed by atoms with Crippen molar-refractivity contribution in [3.8, 4) is 5.75 Å². The van der Waals surface area contributed by atoms with Crippen molar-refractivity contribution in [2.75, 3.05) is 13.1 Å². The highest BCUT2D eigenvalue weighted by molar-refractivity contribution is 7.09. The number of aromatic nitrogens is 1. The summed E-state index contributed by atoms with van der Waals surface area (Å²) < 4.78 is 19.4. The average Bonchev–Trinajstić information content (AvgIpc) is 3.09. The number of hydrogen-bond acceptors (Lipinski definition) is 5. The van der Waals surface area contributed by atoms with E-state index >= 15 is 0 Å². The molecule has 2 heterocycles. The number of piperidine rings is 1. The molecule has 0 atom stereocenters. The largest absolute Gasteiger partial charge is 0.484 e. The van der Waals surface area contributed by atoms with Crippen LogP contribution in [0, 0.1) is 5.82 Å². The molecule has 0 spiro atoms. The zero-order valence-corrected chi connectivity index (χ0v) is 15.1. The van der Waals surface area contributed by atoms with E-state index in [1.165, 1.54) is 41.4 Å². The van der Waals surface area contributed by atoms with Gasteiger partial charge in [0, 0.05) is 30.0 Å². The Morgan fingerprint density at radius 3 is 2.73 bits per heavy atom. The van der Waals surface area contributed by atoms with E-state index in [1.807, 2.05) is 5.38 Å². The normalized spacial score (nSPS) is 15.1. The van der Waals surface area contributed by atoms with E-state index in [2.05, 4.69) is 4.98 Å². The predicted molar refractivity (Wildman–Crippen MR) is 94.4 cm³/mol. The van der Waals surface area contributed by atoms with Crippen LogP contribution in [0.25, 0.3) is 0 Å². The standard InChI is InChI=1S/C18H19FN2O4S/c1-11(22)13-2-3-16(15(19)8-13)25-9-14-10-26-17(20-14)12-4-6-21(7-5-12)18(23)24/h2-3,8,10,12H,4-7,9H2,1H3,(H,23,24). The molecule has 1 aliphatic rings. The zero-order chi connectivity index (χ0) is 18.7. The van der Waals surface area contributed by atoms with Gasteiger partial charge in [0.2, 0.25) is 0 Å². The first-order valence-electron chi connectivity index (χ1n) is 8.29. The van der Waals surface area contributed by atoms with E-state index in [4.69, 9.17) is 9.84 Å². The van der Waals surface area contributed by atoms with Gasteiger partial charge in [0.25, 0.3) is 0 Å². The second kappa shape index (κ2) is 7.82. The van der Waals surface area contributed by atoms with Crippen molar-refractivity contribution in [3.05, 3.63) is 45.7 Å². The highest BCUT2D eigenvalue weighted by Gasteiger charge is 2.25. The molecule has 1 fully saturated rings. The molecule has 0 saturated carbocycles. The highest BCUT2D eigenvalue weighted by Crippen LogP contribution is 2.30. The summed E-state index contributed by atoms with van der Waals surface area (Å²) in [6.45, 7) is 2.55. The Labute approximate surface area is 154 Å². The molecule has 6 nitrogen and oxygen atoms in total. The van der Waals surface area contributed by atoms with Crippen molar-refractivity contribution in [2.24, 2.45) is 0 Å². The quantitative estimate of drug-likeness (QED) is 0.798. The van der Waals surface area contributed by atoms with Crippen LogP contribution in [-0.2, 0) is 6.61 Å². The number of nitrogens with zero attached hydrogens (tertiary/aromatic N) is 2. The lowest BCUT2D eigenvalue weighted by Crippen LogP contribution is -2.36. The maximum atomic E-state index is 14.0. The number of benzene rings is 1. The number of ether oxygens (including phenoxy) is 1. The number of amides is 1. The molecule has 0 radical (unpaired) electrons. The van der Waals surface area contributed by atoms with Gasteiger partial charge >= 0.3 is 6.09 Å². The first-order valence-corrected chi connectivity index (χ1v) is 9.17. The van der Waals surface area contributed by atoms with Gasteiger partial charge in [-0.2, -0.15) is 0 Å². The monoisotopic (exact) mass is 378 g/mol.